The number of fused-ring (bicyclic) bond motifs is 1. The number of hydrogen-bond acceptors (Lipinski definition) is 4. The summed E-state index contributed by atoms with van der Waals surface area (Å²) in [6.45, 7) is 1.99. The average molecular weight is 401 g/mol. The number of aromatic nitrogens is 1. The quantitative estimate of drug-likeness (QED) is 0.509. The monoisotopic (exact) mass is 401 g/mol. The van der Waals surface area contributed by atoms with Gasteiger partial charge in [-0.2, -0.15) is 0 Å². The molecule has 0 unspecified atom stereocenters. The topological polar surface area (TPSA) is 71.1 Å². The lowest BCUT2D eigenvalue weighted by molar-refractivity contribution is -0.118. The summed E-state index contributed by atoms with van der Waals surface area (Å²) in [5.74, 6) is -0.646. The van der Waals surface area contributed by atoms with E-state index in [1.54, 1.807) is 24.3 Å². The van der Waals surface area contributed by atoms with Crippen molar-refractivity contribution >= 4 is 38.5 Å². The zero-order valence-electron chi connectivity index (χ0n) is 15.8. The summed E-state index contributed by atoms with van der Waals surface area (Å²) >= 11 is 1.41. The molecule has 1 atom stereocenters. The smallest absolute Gasteiger partial charge is 0.253 e. The highest BCUT2D eigenvalue weighted by Crippen LogP contribution is 2.28. The van der Waals surface area contributed by atoms with Crippen molar-refractivity contribution in [1.29, 1.82) is 0 Å². The lowest BCUT2D eigenvalue weighted by Gasteiger charge is -2.18. The highest BCUT2D eigenvalue weighted by molar-refractivity contribution is 7.22. The number of hydrogen-bond donors (Lipinski definition) is 2. The SMILES string of the molecule is Cc1cccc2sc(NC(=O)[C@@H](NC(=O)c3ccccc3)c3ccccc3)nc12. The van der Waals surface area contributed by atoms with E-state index in [4.69, 9.17) is 0 Å². The number of anilines is 1. The zero-order valence-corrected chi connectivity index (χ0v) is 16.6. The van der Waals surface area contributed by atoms with E-state index >= 15 is 0 Å². The third kappa shape index (κ3) is 4.17. The van der Waals surface area contributed by atoms with E-state index in [1.165, 1.54) is 11.3 Å². The largest absolute Gasteiger partial charge is 0.336 e. The maximum absolute atomic E-state index is 13.1. The Bertz CT molecular complexity index is 1160. The minimum Gasteiger partial charge on any atom is -0.336 e. The maximum atomic E-state index is 13.1. The Morgan fingerprint density at radius 1 is 0.897 bits per heavy atom. The van der Waals surface area contributed by atoms with Gasteiger partial charge in [0.05, 0.1) is 10.2 Å². The van der Waals surface area contributed by atoms with Gasteiger partial charge in [0.15, 0.2) is 5.13 Å². The lowest BCUT2D eigenvalue weighted by atomic mass is 10.1. The second-order valence-corrected chi connectivity index (χ2v) is 7.64. The molecule has 0 fully saturated rings. The van der Waals surface area contributed by atoms with Crippen LogP contribution in [0.25, 0.3) is 10.2 Å². The van der Waals surface area contributed by atoms with E-state index < -0.39 is 6.04 Å². The van der Waals surface area contributed by atoms with E-state index in [1.807, 2.05) is 61.5 Å². The van der Waals surface area contributed by atoms with Crippen molar-refractivity contribution in [3.8, 4) is 0 Å². The van der Waals surface area contributed by atoms with Crippen LogP contribution >= 0.6 is 11.3 Å². The summed E-state index contributed by atoms with van der Waals surface area (Å²) in [7, 11) is 0. The molecule has 144 valence electrons. The normalized spacial score (nSPS) is 11.8. The lowest BCUT2D eigenvalue weighted by Crippen LogP contribution is -2.37. The van der Waals surface area contributed by atoms with Crippen LogP contribution in [0.2, 0.25) is 0 Å². The molecule has 0 aliphatic rings. The predicted octanol–water partition coefficient (Wildman–Crippen LogP) is 4.71. The van der Waals surface area contributed by atoms with Gasteiger partial charge in [0.25, 0.3) is 11.8 Å². The second-order valence-electron chi connectivity index (χ2n) is 6.61. The summed E-state index contributed by atoms with van der Waals surface area (Å²) < 4.78 is 1.00. The summed E-state index contributed by atoms with van der Waals surface area (Å²) in [5, 5.41) is 6.22. The number of amides is 2. The highest BCUT2D eigenvalue weighted by atomic mass is 32.1. The number of nitrogens with one attached hydrogen (secondary N) is 2. The molecule has 0 bridgehead atoms. The molecule has 1 aromatic heterocycles. The molecule has 0 saturated carbocycles. The van der Waals surface area contributed by atoms with Crippen molar-refractivity contribution in [2.45, 2.75) is 13.0 Å². The van der Waals surface area contributed by atoms with Crippen LogP contribution in [0.5, 0.6) is 0 Å². The molecule has 0 radical (unpaired) electrons. The van der Waals surface area contributed by atoms with Gasteiger partial charge in [-0.15, -0.1) is 0 Å². The highest BCUT2D eigenvalue weighted by Gasteiger charge is 2.24. The first-order valence-electron chi connectivity index (χ1n) is 9.20. The fourth-order valence-corrected chi connectivity index (χ4v) is 4.01. The fourth-order valence-electron chi connectivity index (χ4n) is 3.07. The van der Waals surface area contributed by atoms with Gasteiger partial charge < -0.3 is 5.32 Å². The van der Waals surface area contributed by atoms with Crippen molar-refractivity contribution in [3.05, 3.63) is 95.6 Å². The maximum Gasteiger partial charge on any atom is 0.253 e. The van der Waals surface area contributed by atoms with Gasteiger partial charge in [0.1, 0.15) is 6.04 Å². The van der Waals surface area contributed by atoms with Crippen molar-refractivity contribution in [1.82, 2.24) is 10.3 Å². The van der Waals surface area contributed by atoms with Crippen molar-refractivity contribution in [2.75, 3.05) is 5.32 Å². The molecular weight excluding hydrogens is 382 g/mol. The van der Waals surface area contributed by atoms with E-state index in [0.29, 0.717) is 16.3 Å². The van der Waals surface area contributed by atoms with E-state index in [-0.39, 0.29) is 11.8 Å². The van der Waals surface area contributed by atoms with Crippen LogP contribution in [0.3, 0.4) is 0 Å². The molecular formula is C23H19N3O2S. The standard InChI is InChI=1S/C23H19N3O2S/c1-15-9-8-14-18-19(15)25-23(29-18)26-22(28)20(16-10-4-2-5-11-16)24-21(27)17-12-6-3-7-13-17/h2-14,20H,1H3,(H,24,27)(H,25,26,28)/t20-/m0/s1. The van der Waals surface area contributed by atoms with Gasteiger partial charge in [-0.05, 0) is 36.2 Å². The van der Waals surface area contributed by atoms with Crippen molar-refractivity contribution in [2.24, 2.45) is 0 Å². The average Bonchev–Trinajstić information content (AvgIpc) is 3.17. The van der Waals surface area contributed by atoms with Crippen LogP contribution in [0.1, 0.15) is 27.5 Å². The van der Waals surface area contributed by atoms with E-state index in [2.05, 4.69) is 15.6 Å². The number of rotatable bonds is 5. The summed E-state index contributed by atoms with van der Waals surface area (Å²) in [4.78, 5) is 30.3. The number of benzene rings is 3. The van der Waals surface area contributed by atoms with Gasteiger partial charge in [-0.1, -0.05) is 72.0 Å². The van der Waals surface area contributed by atoms with E-state index in [0.717, 1.165) is 15.8 Å². The molecule has 4 rings (SSSR count). The molecule has 0 spiro atoms. The van der Waals surface area contributed by atoms with Crippen molar-refractivity contribution < 1.29 is 9.59 Å². The third-order valence-electron chi connectivity index (χ3n) is 4.56. The molecule has 4 aromatic rings. The first-order chi connectivity index (χ1) is 14.1. The first kappa shape index (κ1) is 18.8. The summed E-state index contributed by atoms with van der Waals surface area (Å²) in [6, 6.07) is 23.1. The van der Waals surface area contributed by atoms with Gasteiger partial charge in [0, 0.05) is 5.56 Å². The minimum atomic E-state index is -0.836. The molecule has 5 nitrogen and oxygen atoms in total. The number of carbonyl (C=O) groups is 2. The first-order valence-corrected chi connectivity index (χ1v) is 10.0. The third-order valence-corrected chi connectivity index (χ3v) is 5.49. The fraction of sp³-hybridized carbons (Fsp3) is 0.0870. The van der Waals surface area contributed by atoms with Gasteiger partial charge in [-0.3, -0.25) is 14.9 Å². The van der Waals surface area contributed by atoms with Crippen LogP contribution in [0, 0.1) is 6.92 Å². The van der Waals surface area contributed by atoms with Crippen LogP contribution in [0.15, 0.2) is 78.9 Å². The van der Waals surface area contributed by atoms with Crippen LogP contribution < -0.4 is 10.6 Å². The molecule has 1 heterocycles. The molecule has 6 heteroatoms. The Labute approximate surface area is 172 Å². The van der Waals surface area contributed by atoms with Crippen LogP contribution in [-0.4, -0.2) is 16.8 Å². The number of thiazole rings is 1. The Kier molecular flexibility index (Phi) is 5.35. The zero-order chi connectivity index (χ0) is 20.2. The molecule has 2 N–H and O–H groups in total. The number of para-hydroxylation sites is 1. The van der Waals surface area contributed by atoms with Crippen molar-refractivity contribution in [3.63, 3.8) is 0 Å². The van der Waals surface area contributed by atoms with Crippen LogP contribution in [0.4, 0.5) is 5.13 Å². The van der Waals surface area contributed by atoms with E-state index in [9.17, 15) is 9.59 Å². The number of nitrogens with zero attached hydrogens (tertiary/aromatic N) is 1. The van der Waals surface area contributed by atoms with Gasteiger partial charge >= 0.3 is 0 Å². The number of carbonyl (C=O) groups excluding carboxylic acids is 2. The van der Waals surface area contributed by atoms with Gasteiger partial charge in [-0.25, -0.2) is 4.98 Å². The Morgan fingerprint density at radius 3 is 2.28 bits per heavy atom. The Hall–Kier alpha value is -3.51. The minimum absolute atomic E-state index is 0.310. The summed E-state index contributed by atoms with van der Waals surface area (Å²) in [6.07, 6.45) is 0. The Morgan fingerprint density at radius 2 is 1.59 bits per heavy atom. The Balaban J connectivity index is 1.60. The van der Waals surface area contributed by atoms with Gasteiger partial charge in [0.2, 0.25) is 0 Å². The molecule has 0 aliphatic carbocycles. The number of aryl methyl sites for hydroxylation is 1. The van der Waals surface area contributed by atoms with Crippen LogP contribution in [-0.2, 0) is 4.79 Å². The molecule has 0 aliphatic heterocycles. The summed E-state index contributed by atoms with van der Waals surface area (Å²) in [5.41, 5.74) is 3.12. The molecule has 2 amide bonds. The second kappa shape index (κ2) is 8.24. The molecule has 3 aromatic carbocycles. The predicted molar refractivity (Wildman–Crippen MR) is 116 cm³/mol. The molecule has 0 saturated heterocycles. The molecule has 29 heavy (non-hydrogen) atoms.